The van der Waals surface area contributed by atoms with Crippen molar-refractivity contribution in [3.8, 4) is 50.8 Å². The quantitative estimate of drug-likeness (QED) is 0.164. The van der Waals surface area contributed by atoms with Crippen molar-refractivity contribution in [1.82, 2.24) is 19.5 Å². The highest BCUT2D eigenvalue weighted by Crippen LogP contribution is 2.37. The van der Waals surface area contributed by atoms with Crippen molar-refractivity contribution < 1.29 is 0 Å². The molecule has 252 valence electrons. The number of hydrogen-bond donors (Lipinski definition) is 0. The second kappa shape index (κ2) is 13.2. The molecule has 2 aliphatic carbocycles. The SMILES string of the molecule is C1=CC2C=CC(c3cc(-c4ccc5ccccc5c4)nc(-c4cccc(-c5ccc(-c6nc7ccccc7n6-c6ccccc6)cc5)c4)n3)=CC2CC1. The van der Waals surface area contributed by atoms with E-state index in [0.29, 0.717) is 11.8 Å². The Balaban J connectivity index is 1.04. The first-order valence-corrected chi connectivity index (χ1v) is 18.4. The predicted octanol–water partition coefficient (Wildman–Crippen LogP) is 12.2. The summed E-state index contributed by atoms with van der Waals surface area (Å²) in [6, 6.07) is 53.3. The monoisotopic (exact) mass is 680 g/mol. The van der Waals surface area contributed by atoms with Gasteiger partial charge in [-0.3, -0.25) is 4.57 Å². The van der Waals surface area contributed by atoms with Crippen LogP contribution in [0.3, 0.4) is 0 Å². The number of benzene rings is 6. The normalized spacial score (nSPS) is 16.5. The Bertz CT molecular complexity index is 2730. The van der Waals surface area contributed by atoms with Crippen molar-refractivity contribution in [1.29, 1.82) is 0 Å². The molecule has 0 fully saturated rings. The van der Waals surface area contributed by atoms with Gasteiger partial charge in [-0.1, -0.05) is 140 Å². The van der Waals surface area contributed by atoms with E-state index in [0.717, 1.165) is 80.4 Å². The van der Waals surface area contributed by atoms with Crippen LogP contribution in [0, 0.1) is 11.8 Å². The summed E-state index contributed by atoms with van der Waals surface area (Å²) in [4.78, 5) is 15.5. The molecule has 8 aromatic rings. The van der Waals surface area contributed by atoms with Crippen molar-refractivity contribution >= 4 is 27.4 Å². The van der Waals surface area contributed by atoms with E-state index >= 15 is 0 Å². The summed E-state index contributed by atoms with van der Waals surface area (Å²) < 4.78 is 2.24. The molecule has 0 radical (unpaired) electrons. The van der Waals surface area contributed by atoms with E-state index in [1.807, 2.05) is 12.1 Å². The summed E-state index contributed by atoms with van der Waals surface area (Å²) in [6.07, 6.45) is 14.0. The number of allylic oxidation sites excluding steroid dienone is 6. The summed E-state index contributed by atoms with van der Waals surface area (Å²) in [5.41, 5.74) is 11.6. The fraction of sp³-hybridized carbons (Fsp3) is 0.0816. The van der Waals surface area contributed by atoms with Crippen LogP contribution in [0.1, 0.15) is 18.5 Å². The van der Waals surface area contributed by atoms with Crippen molar-refractivity contribution in [2.45, 2.75) is 12.8 Å². The molecule has 2 unspecified atom stereocenters. The first kappa shape index (κ1) is 31.1. The second-order valence-electron chi connectivity index (χ2n) is 14.0. The van der Waals surface area contributed by atoms with Gasteiger partial charge in [-0.2, -0.15) is 0 Å². The summed E-state index contributed by atoms with van der Waals surface area (Å²) in [5, 5.41) is 2.42. The number of hydrogen-bond acceptors (Lipinski definition) is 3. The Morgan fingerprint density at radius 2 is 1.28 bits per heavy atom. The Morgan fingerprint density at radius 1 is 0.528 bits per heavy atom. The Kier molecular flexibility index (Phi) is 7.72. The van der Waals surface area contributed by atoms with E-state index in [1.54, 1.807) is 0 Å². The molecule has 2 atom stereocenters. The lowest BCUT2D eigenvalue weighted by molar-refractivity contribution is 0.493. The fourth-order valence-corrected chi connectivity index (χ4v) is 7.88. The van der Waals surface area contributed by atoms with Crippen LogP contribution in [-0.4, -0.2) is 19.5 Å². The van der Waals surface area contributed by atoms with Gasteiger partial charge in [-0.05, 0) is 88.7 Å². The zero-order valence-corrected chi connectivity index (χ0v) is 29.2. The van der Waals surface area contributed by atoms with Gasteiger partial charge in [-0.25, -0.2) is 15.0 Å². The molecule has 0 N–H and O–H groups in total. The van der Waals surface area contributed by atoms with E-state index < -0.39 is 0 Å². The molecule has 2 heterocycles. The van der Waals surface area contributed by atoms with Gasteiger partial charge in [-0.15, -0.1) is 0 Å². The third kappa shape index (κ3) is 5.88. The van der Waals surface area contributed by atoms with E-state index in [2.05, 4.69) is 174 Å². The lowest BCUT2D eigenvalue weighted by Gasteiger charge is -2.26. The van der Waals surface area contributed by atoms with Crippen LogP contribution < -0.4 is 0 Å². The zero-order chi connectivity index (χ0) is 35.1. The molecule has 0 saturated heterocycles. The summed E-state index contributed by atoms with van der Waals surface area (Å²) in [7, 11) is 0. The van der Waals surface area contributed by atoms with E-state index in [4.69, 9.17) is 15.0 Å². The van der Waals surface area contributed by atoms with Crippen LogP contribution in [0.4, 0.5) is 0 Å². The maximum atomic E-state index is 5.24. The molecule has 0 amide bonds. The number of rotatable bonds is 6. The average molecular weight is 681 g/mol. The Labute approximate surface area is 309 Å². The number of imidazole rings is 1. The number of fused-ring (bicyclic) bond motifs is 3. The summed E-state index contributed by atoms with van der Waals surface area (Å²) >= 11 is 0. The van der Waals surface area contributed by atoms with E-state index in [-0.39, 0.29) is 0 Å². The van der Waals surface area contributed by atoms with Crippen LogP contribution in [0.25, 0.3) is 78.2 Å². The second-order valence-corrected chi connectivity index (χ2v) is 14.0. The molecule has 0 spiro atoms. The predicted molar refractivity (Wildman–Crippen MR) is 218 cm³/mol. The molecule has 0 saturated carbocycles. The first-order chi connectivity index (χ1) is 26.2. The molecule has 2 aromatic heterocycles. The van der Waals surface area contributed by atoms with Crippen molar-refractivity contribution in [2.75, 3.05) is 0 Å². The Hall–Kier alpha value is -6.65. The molecular weight excluding hydrogens is 645 g/mol. The smallest absolute Gasteiger partial charge is 0.160 e. The minimum Gasteiger partial charge on any atom is -0.292 e. The van der Waals surface area contributed by atoms with Crippen molar-refractivity contribution in [3.05, 3.63) is 188 Å². The summed E-state index contributed by atoms with van der Waals surface area (Å²) in [6.45, 7) is 0. The first-order valence-electron chi connectivity index (χ1n) is 18.4. The molecule has 4 heteroatoms. The number of para-hydroxylation sites is 3. The van der Waals surface area contributed by atoms with Crippen molar-refractivity contribution in [2.24, 2.45) is 11.8 Å². The molecule has 0 bridgehead atoms. The van der Waals surface area contributed by atoms with Gasteiger partial charge >= 0.3 is 0 Å². The van der Waals surface area contributed by atoms with Gasteiger partial charge < -0.3 is 0 Å². The van der Waals surface area contributed by atoms with Gasteiger partial charge in [0.1, 0.15) is 5.82 Å². The van der Waals surface area contributed by atoms with Crippen molar-refractivity contribution in [3.63, 3.8) is 0 Å². The minimum atomic E-state index is 0.467. The number of aromatic nitrogens is 4. The maximum absolute atomic E-state index is 5.24. The number of nitrogens with zero attached hydrogens (tertiary/aromatic N) is 4. The average Bonchev–Trinajstić information content (AvgIpc) is 3.63. The highest BCUT2D eigenvalue weighted by molar-refractivity contribution is 5.88. The molecule has 0 aliphatic heterocycles. The standard InChI is InChI=1S/C49H36N4/c1-2-17-43(18-3-1)53-47-20-9-8-19-44(47)52-49(53)36-25-21-35(22-26-36)39-15-10-16-42(31-39)48-50-45(40-27-23-33-11-4-6-13-37(33)29-40)32-46(51-48)41-28-24-34-12-5-7-14-38(34)30-41/h1-6,8-13,15-32,34,38H,7,14H2. The molecular formula is C49H36N4. The van der Waals surface area contributed by atoms with E-state index in [1.165, 1.54) is 16.3 Å². The van der Waals surface area contributed by atoms with Gasteiger partial charge in [0.15, 0.2) is 5.82 Å². The van der Waals surface area contributed by atoms with Gasteiger partial charge in [0.05, 0.1) is 22.4 Å². The van der Waals surface area contributed by atoms with Crippen LogP contribution in [0.5, 0.6) is 0 Å². The summed E-state index contributed by atoms with van der Waals surface area (Å²) in [5.74, 6) is 2.61. The maximum Gasteiger partial charge on any atom is 0.160 e. The zero-order valence-electron chi connectivity index (χ0n) is 29.2. The van der Waals surface area contributed by atoms with E-state index in [9.17, 15) is 0 Å². The molecule has 10 rings (SSSR count). The van der Waals surface area contributed by atoms with Gasteiger partial charge in [0.25, 0.3) is 0 Å². The van der Waals surface area contributed by atoms with Gasteiger partial charge in [0, 0.05) is 28.3 Å². The largest absolute Gasteiger partial charge is 0.292 e. The lowest BCUT2D eigenvalue weighted by atomic mass is 9.79. The molecule has 4 nitrogen and oxygen atoms in total. The molecule has 53 heavy (non-hydrogen) atoms. The lowest BCUT2D eigenvalue weighted by Crippen LogP contribution is -2.15. The molecule has 2 aliphatic rings. The highest BCUT2D eigenvalue weighted by atomic mass is 15.1. The minimum absolute atomic E-state index is 0.467. The van der Waals surface area contributed by atoms with Crippen LogP contribution in [-0.2, 0) is 0 Å². The fourth-order valence-electron chi connectivity index (χ4n) is 7.88. The Morgan fingerprint density at radius 3 is 2.19 bits per heavy atom. The third-order valence-electron chi connectivity index (χ3n) is 10.7. The van der Waals surface area contributed by atoms with Gasteiger partial charge in [0.2, 0.25) is 0 Å². The third-order valence-corrected chi connectivity index (χ3v) is 10.7. The van der Waals surface area contributed by atoms with Crippen LogP contribution >= 0.6 is 0 Å². The van der Waals surface area contributed by atoms with Crippen LogP contribution in [0.15, 0.2) is 182 Å². The topological polar surface area (TPSA) is 43.6 Å². The van der Waals surface area contributed by atoms with Crippen LogP contribution in [0.2, 0.25) is 0 Å². The molecule has 6 aromatic carbocycles. The highest BCUT2D eigenvalue weighted by Gasteiger charge is 2.23.